The second-order valence-corrected chi connectivity index (χ2v) is 5.81. The van der Waals surface area contributed by atoms with Crippen molar-refractivity contribution in [1.29, 1.82) is 0 Å². The minimum absolute atomic E-state index is 0.364. The maximum atomic E-state index is 11.6. The number of nitrogens with zero attached hydrogens (tertiary/aromatic N) is 2. The molecule has 0 aromatic rings. The number of piperazine rings is 1. The smallest absolute Gasteiger partial charge is 0.313 e. The van der Waals surface area contributed by atoms with Gasteiger partial charge in [0, 0.05) is 38.8 Å². The highest BCUT2D eigenvalue weighted by Crippen LogP contribution is 2.30. The lowest BCUT2D eigenvalue weighted by Gasteiger charge is -2.42. The minimum atomic E-state index is -0.700. The number of carboxylic acid groups (broad SMARTS) is 1. The van der Waals surface area contributed by atoms with Crippen LogP contribution in [0.5, 0.6) is 0 Å². The van der Waals surface area contributed by atoms with Crippen molar-refractivity contribution in [3.05, 3.63) is 0 Å². The third kappa shape index (κ3) is 2.84. The van der Waals surface area contributed by atoms with Gasteiger partial charge < -0.3 is 14.7 Å². The van der Waals surface area contributed by atoms with E-state index >= 15 is 0 Å². The Morgan fingerprint density at radius 2 is 2.28 bits per heavy atom. The van der Waals surface area contributed by atoms with Crippen LogP contribution in [0.15, 0.2) is 0 Å². The van der Waals surface area contributed by atoms with Gasteiger partial charge in [-0.1, -0.05) is 0 Å². The molecule has 18 heavy (non-hydrogen) atoms. The highest BCUT2D eigenvalue weighted by atomic mass is 16.5. The zero-order chi connectivity index (χ0) is 13.2. The monoisotopic (exact) mass is 256 g/mol. The lowest BCUT2D eigenvalue weighted by atomic mass is 9.81. The first-order valence-electron chi connectivity index (χ1n) is 6.77. The molecular formula is C13H24N2O3. The van der Waals surface area contributed by atoms with Crippen molar-refractivity contribution in [2.45, 2.75) is 25.8 Å². The number of rotatable bonds is 3. The number of carboxylic acids is 1. The van der Waals surface area contributed by atoms with Crippen molar-refractivity contribution in [3.63, 3.8) is 0 Å². The van der Waals surface area contributed by atoms with E-state index in [9.17, 15) is 9.90 Å². The van der Waals surface area contributed by atoms with E-state index in [1.165, 1.54) is 0 Å². The third-order valence-electron chi connectivity index (χ3n) is 4.35. The van der Waals surface area contributed by atoms with E-state index in [0.29, 0.717) is 25.8 Å². The summed E-state index contributed by atoms with van der Waals surface area (Å²) in [5.74, 6) is -0.700. The van der Waals surface area contributed by atoms with Crippen LogP contribution in [-0.4, -0.2) is 73.4 Å². The van der Waals surface area contributed by atoms with Crippen LogP contribution in [0.25, 0.3) is 0 Å². The fraction of sp³-hybridized carbons (Fsp3) is 0.923. The lowest BCUT2D eigenvalue weighted by Crippen LogP contribution is -2.55. The van der Waals surface area contributed by atoms with Gasteiger partial charge in [0.15, 0.2) is 0 Å². The molecule has 2 fully saturated rings. The van der Waals surface area contributed by atoms with Crippen molar-refractivity contribution in [3.8, 4) is 0 Å². The molecule has 0 aliphatic carbocycles. The Morgan fingerprint density at radius 1 is 1.50 bits per heavy atom. The largest absolute Gasteiger partial charge is 0.481 e. The molecule has 5 nitrogen and oxygen atoms in total. The first-order chi connectivity index (χ1) is 8.53. The van der Waals surface area contributed by atoms with Crippen molar-refractivity contribution < 1.29 is 14.6 Å². The number of aliphatic carboxylic acids is 1. The molecular weight excluding hydrogens is 232 g/mol. The SMILES string of the molecule is CC1CN(CC2(C(=O)O)CCCOC2)CCN1C. The van der Waals surface area contributed by atoms with E-state index in [2.05, 4.69) is 23.8 Å². The zero-order valence-corrected chi connectivity index (χ0v) is 11.4. The van der Waals surface area contributed by atoms with Crippen molar-refractivity contribution in [1.82, 2.24) is 9.80 Å². The molecule has 0 bridgehead atoms. The number of likely N-dealkylation sites (N-methyl/N-ethyl adjacent to an activating group) is 1. The molecule has 0 radical (unpaired) electrons. The van der Waals surface area contributed by atoms with Crippen LogP contribution in [-0.2, 0) is 9.53 Å². The quantitative estimate of drug-likeness (QED) is 0.797. The van der Waals surface area contributed by atoms with Gasteiger partial charge >= 0.3 is 5.97 Å². The van der Waals surface area contributed by atoms with Crippen molar-refractivity contribution in [2.75, 3.05) is 46.4 Å². The molecule has 0 saturated carbocycles. The second kappa shape index (κ2) is 5.55. The molecule has 2 heterocycles. The molecule has 2 atom stereocenters. The molecule has 2 rings (SSSR count). The fourth-order valence-corrected chi connectivity index (χ4v) is 2.91. The molecule has 104 valence electrons. The number of hydrogen-bond donors (Lipinski definition) is 1. The van der Waals surface area contributed by atoms with Crippen molar-refractivity contribution in [2.24, 2.45) is 5.41 Å². The van der Waals surface area contributed by atoms with E-state index < -0.39 is 11.4 Å². The van der Waals surface area contributed by atoms with Crippen LogP contribution in [0.4, 0.5) is 0 Å². The van der Waals surface area contributed by atoms with Crippen LogP contribution >= 0.6 is 0 Å². The summed E-state index contributed by atoms with van der Waals surface area (Å²) in [6.07, 6.45) is 1.60. The zero-order valence-electron chi connectivity index (χ0n) is 11.4. The first-order valence-corrected chi connectivity index (χ1v) is 6.77. The minimum Gasteiger partial charge on any atom is -0.481 e. The highest BCUT2D eigenvalue weighted by Gasteiger charge is 2.42. The van der Waals surface area contributed by atoms with E-state index in [1.807, 2.05) is 0 Å². The van der Waals surface area contributed by atoms with E-state index in [-0.39, 0.29) is 0 Å². The van der Waals surface area contributed by atoms with Gasteiger partial charge in [-0.05, 0) is 26.8 Å². The van der Waals surface area contributed by atoms with Gasteiger partial charge in [-0.2, -0.15) is 0 Å². The molecule has 2 aliphatic rings. The summed E-state index contributed by atoms with van der Waals surface area (Å²) in [5, 5.41) is 9.52. The van der Waals surface area contributed by atoms with Crippen LogP contribution in [0, 0.1) is 5.41 Å². The Balaban J connectivity index is 1.99. The number of hydrogen-bond acceptors (Lipinski definition) is 4. The molecule has 1 N–H and O–H groups in total. The Labute approximate surface area is 109 Å². The Bertz CT molecular complexity index is 303. The van der Waals surface area contributed by atoms with Gasteiger partial charge in [0.1, 0.15) is 5.41 Å². The van der Waals surface area contributed by atoms with Gasteiger partial charge in [0.2, 0.25) is 0 Å². The van der Waals surface area contributed by atoms with E-state index in [1.54, 1.807) is 0 Å². The summed E-state index contributed by atoms with van der Waals surface area (Å²) in [6, 6.07) is 0.495. The van der Waals surface area contributed by atoms with Gasteiger partial charge in [0.25, 0.3) is 0 Å². The second-order valence-electron chi connectivity index (χ2n) is 5.81. The molecule has 0 aromatic carbocycles. The Kier molecular flexibility index (Phi) is 4.25. The molecule has 0 aromatic heterocycles. The van der Waals surface area contributed by atoms with Gasteiger partial charge in [-0.3, -0.25) is 9.69 Å². The first kappa shape index (κ1) is 13.8. The molecule has 0 spiro atoms. The van der Waals surface area contributed by atoms with Crippen molar-refractivity contribution >= 4 is 5.97 Å². The fourth-order valence-electron chi connectivity index (χ4n) is 2.91. The standard InChI is InChI=1S/C13H24N2O3/c1-11-8-15(6-5-14(11)2)9-13(12(16)17)4-3-7-18-10-13/h11H,3-10H2,1-2H3,(H,16,17). The molecule has 2 aliphatic heterocycles. The summed E-state index contributed by atoms with van der Waals surface area (Å²) in [7, 11) is 2.12. The molecule has 2 unspecified atom stereocenters. The normalized spacial score (nSPS) is 35.6. The van der Waals surface area contributed by atoms with E-state index in [0.717, 1.165) is 32.5 Å². The van der Waals surface area contributed by atoms with Gasteiger partial charge in [-0.15, -0.1) is 0 Å². The summed E-state index contributed by atoms with van der Waals surface area (Å²) >= 11 is 0. The molecule has 0 amide bonds. The topological polar surface area (TPSA) is 53.0 Å². The summed E-state index contributed by atoms with van der Waals surface area (Å²) < 4.78 is 5.42. The van der Waals surface area contributed by atoms with Gasteiger partial charge in [-0.25, -0.2) is 0 Å². The maximum absolute atomic E-state index is 11.6. The summed E-state index contributed by atoms with van der Waals surface area (Å²) in [4.78, 5) is 16.2. The highest BCUT2D eigenvalue weighted by molar-refractivity contribution is 5.75. The van der Waals surface area contributed by atoms with Crippen LogP contribution in [0.1, 0.15) is 19.8 Å². The lowest BCUT2D eigenvalue weighted by molar-refractivity contribution is -0.160. The van der Waals surface area contributed by atoms with Crippen LogP contribution < -0.4 is 0 Å². The third-order valence-corrected chi connectivity index (χ3v) is 4.35. The van der Waals surface area contributed by atoms with Crippen LogP contribution in [0.3, 0.4) is 0 Å². The summed E-state index contributed by atoms with van der Waals surface area (Å²) in [6.45, 7) is 6.80. The number of carbonyl (C=O) groups is 1. The maximum Gasteiger partial charge on any atom is 0.313 e. The number of ether oxygens (including phenoxy) is 1. The molecule has 2 saturated heterocycles. The van der Waals surface area contributed by atoms with Crippen LogP contribution in [0.2, 0.25) is 0 Å². The summed E-state index contributed by atoms with van der Waals surface area (Å²) in [5.41, 5.74) is -0.687. The average molecular weight is 256 g/mol. The average Bonchev–Trinajstić information content (AvgIpc) is 2.35. The van der Waals surface area contributed by atoms with Gasteiger partial charge in [0.05, 0.1) is 6.61 Å². The Hall–Kier alpha value is -0.650. The van der Waals surface area contributed by atoms with E-state index in [4.69, 9.17) is 4.74 Å². The Morgan fingerprint density at radius 3 is 2.83 bits per heavy atom. The predicted molar refractivity (Wildman–Crippen MR) is 68.7 cm³/mol. The predicted octanol–water partition coefficient (Wildman–Crippen LogP) is 0.504. The molecule has 5 heteroatoms.